The lowest BCUT2D eigenvalue weighted by Crippen LogP contribution is -2.44. The average molecular weight is 247 g/mol. The standard InChI is InChI=1S/C14H17NO3/c16-10-13-8-4-5-9-15(13)14(17)18-11-12-6-2-1-3-7-12/h1-7,13,16H,8-11H2/t13-/m0/s1. The molecule has 0 unspecified atom stereocenters. The van der Waals surface area contributed by atoms with E-state index in [9.17, 15) is 9.90 Å². The first kappa shape index (κ1) is 12.6. The number of carbonyl (C=O) groups is 1. The first-order chi connectivity index (χ1) is 8.81. The van der Waals surface area contributed by atoms with E-state index in [1.165, 1.54) is 0 Å². The van der Waals surface area contributed by atoms with Crippen molar-refractivity contribution in [3.63, 3.8) is 0 Å². The summed E-state index contributed by atoms with van der Waals surface area (Å²) >= 11 is 0. The summed E-state index contributed by atoms with van der Waals surface area (Å²) in [5.41, 5.74) is 0.957. The number of amides is 1. The van der Waals surface area contributed by atoms with E-state index in [2.05, 4.69) is 0 Å². The summed E-state index contributed by atoms with van der Waals surface area (Å²) in [5.74, 6) is 0. The molecule has 0 bridgehead atoms. The minimum Gasteiger partial charge on any atom is -0.445 e. The zero-order valence-electron chi connectivity index (χ0n) is 10.2. The maximum atomic E-state index is 11.9. The molecule has 1 aliphatic rings. The van der Waals surface area contributed by atoms with Gasteiger partial charge in [0.15, 0.2) is 0 Å². The van der Waals surface area contributed by atoms with E-state index in [4.69, 9.17) is 4.74 Å². The Hall–Kier alpha value is -1.81. The van der Waals surface area contributed by atoms with Gasteiger partial charge in [0, 0.05) is 6.54 Å². The highest BCUT2D eigenvalue weighted by atomic mass is 16.6. The Morgan fingerprint density at radius 3 is 2.83 bits per heavy atom. The molecular formula is C14H17NO3. The number of hydrogen-bond acceptors (Lipinski definition) is 3. The molecule has 0 spiro atoms. The summed E-state index contributed by atoms with van der Waals surface area (Å²) in [7, 11) is 0. The minimum absolute atomic E-state index is 0.0369. The van der Waals surface area contributed by atoms with Gasteiger partial charge in [-0.3, -0.25) is 4.90 Å². The van der Waals surface area contributed by atoms with Crippen molar-refractivity contribution in [3.05, 3.63) is 48.0 Å². The number of aliphatic hydroxyl groups excluding tert-OH is 1. The van der Waals surface area contributed by atoms with Crippen LogP contribution in [-0.4, -0.2) is 35.3 Å². The molecule has 0 saturated carbocycles. The first-order valence-electron chi connectivity index (χ1n) is 6.04. The molecule has 1 aromatic rings. The van der Waals surface area contributed by atoms with Crippen molar-refractivity contribution in [2.24, 2.45) is 0 Å². The van der Waals surface area contributed by atoms with Crippen LogP contribution in [0.15, 0.2) is 42.5 Å². The van der Waals surface area contributed by atoms with Gasteiger partial charge in [-0.1, -0.05) is 42.5 Å². The Kier molecular flexibility index (Phi) is 4.36. The second-order valence-corrected chi connectivity index (χ2v) is 4.24. The van der Waals surface area contributed by atoms with Crippen molar-refractivity contribution < 1.29 is 14.6 Å². The molecule has 1 N–H and O–H groups in total. The summed E-state index contributed by atoms with van der Waals surface area (Å²) in [6.07, 6.45) is 4.19. The summed E-state index contributed by atoms with van der Waals surface area (Å²) in [6, 6.07) is 9.38. The molecule has 1 aliphatic heterocycles. The van der Waals surface area contributed by atoms with Gasteiger partial charge in [-0.15, -0.1) is 0 Å². The van der Waals surface area contributed by atoms with E-state index < -0.39 is 0 Å². The summed E-state index contributed by atoms with van der Waals surface area (Å²) in [6.45, 7) is 0.724. The lowest BCUT2D eigenvalue weighted by atomic mass is 10.1. The van der Waals surface area contributed by atoms with Gasteiger partial charge in [-0.2, -0.15) is 0 Å². The predicted octanol–water partition coefficient (Wildman–Crippen LogP) is 1.95. The third-order valence-corrected chi connectivity index (χ3v) is 2.97. The molecular weight excluding hydrogens is 230 g/mol. The van der Waals surface area contributed by atoms with Gasteiger partial charge in [-0.25, -0.2) is 4.79 Å². The number of ether oxygens (including phenoxy) is 1. The molecule has 0 aromatic heterocycles. The quantitative estimate of drug-likeness (QED) is 0.830. The van der Waals surface area contributed by atoms with Crippen LogP contribution in [0.2, 0.25) is 0 Å². The summed E-state index contributed by atoms with van der Waals surface area (Å²) in [5, 5.41) is 9.21. The maximum absolute atomic E-state index is 11.9. The molecule has 1 atom stereocenters. The number of rotatable bonds is 3. The van der Waals surface area contributed by atoms with Gasteiger partial charge in [0.25, 0.3) is 0 Å². The lowest BCUT2D eigenvalue weighted by Gasteiger charge is -2.30. The molecule has 0 radical (unpaired) electrons. The van der Waals surface area contributed by atoms with Crippen LogP contribution in [0.25, 0.3) is 0 Å². The summed E-state index contributed by atoms with van der Waals surface area (Å²) < 4.78 is 5.24. The molecule has 18 heavy (non-hydrogen) atoms. The van der Waals surface area contributed by atoms with E-state index >= 15 is 0 Å². The van der Waals surface area contributed by atoms with Gasteiger partial charge in [-0.05, 0) is 12.0 Å². The van der Waals surface area contributed by atoms with E-state index in [0.717, 1.165) is 5.56 Å². The first-order valence-corrected chi connectivity index (χ1v) is 6.04. The SMILES string of the molecule is O=C(OCc1ccccc1)N1CC=CC[C@H]1CO. The fraction of sp³-hybridized carbons (Fsp3) is 0.357. The zero-order chi connectivity index (χ0) is 12.8. The van der Waals surface area contributed by atoms with Crippen LogP contribution in [0.4, 0.5) is 4.79 Å². The molecule has 4 nitrogen and oxygen atoms in total. The molecule has 0 aliphatic carbocycles. The maximum Gasteiger partial charge on any atom is 0.410 e. The van der Waals surface area contributed by atoms with Gasteiger partial charge < -0.3 is 9.84 Å². The highest BCUT2D eigenvalue weighted by Gasteiger charge is 2.24. The third-order valence-electron chi connectivity index (χ3n) is 2.97. The molecule has 96 valence electrons. The minimum atomic E-state index is -0.373. The molecule has 0 saturated heterocycles. The van der Waals surface area contributed by atoms with E-state index in [0.29, 0.717) is 13.0 Å². The van der Waals surface area contributed by atoms with Crippen LogP contribution in [0.5, 0.6) is 0 Å². The predicted molar refractivity (Wildman–Crippen MR) is 68.0 cm³/mol. The largest absolute Gasteiger partial charge is 0.445 e. The van der Waals surface area contributed by atoms with Crippen molar-refractivity contribution in [3.8, 4) is 0 Å². The number of carbonyl (C=O) groups excluding carboxylic acids is 1. The van der Waals surface area contributed by atoms with Crippen molar-refractivity contribution >= 4 is 6.09 Å². The van der Waals surface area contributed by atoms with Gasteiger partial charge in [0.05, 0.1) is 12.6 Å². The number of aliphatic hydroxyl groups is 1. The lowest BCUT2D eigenvalue weighted by molar-refractivity contribution is 0.0677. The molecule has 1 aromatic carbocycles. The highest BCUT2D eigenvalue weighted by molar-refractivity contribution is 5.68. The van der Waals surface area contributed by atoms with Crippen molar-refractivity contribution in [1.82, 2.24) is 4.90 Å². The topological polar surface area (TPSA) is 49.8 Å². The fourth-order valence-corrected chi connectivity index (χ4v) is 1.92. The number of hydrogen-bond donors (Lipinski definition) is 1. The molecule has 4 heteroatoms. The van der Waals surface area contributed by atoms with Crippen molar-refractivity contribution in [2.75, 3.05) is 13.2 Å². The second kappa shape index (κ2) is 6.21. The van der Waals surface area contributed by atoms with Gasteiger partial charge in [0.2, 0.25) is 0 Å². The van der Waals surface area contributed by atoms with Crippen LogP contribution in [0.1, 0.15) is 12.0 Å². The van der Waals surface area contributed by atoms with E-state index in [-0.39, 0.29) is 25.3 Å². The average Bonchev–Trinajstić information content (AvgIpc) is 2.45. The Balaban J connectivity index is 1.89. The Morgan fingerprint density at radius 1 is 1.33 bits per heavy atom. The van der Waals surface area contributed by atoms with Gasteiger partial charge >= 0.3 is 6.09 Å². The Bertz CT molecular complexity index is 416. The normalized spacial score (nSPS) is 18.7. The van der Waals surface area contributed by atoms with Crippen molar-refractivity contribution in [1.29, 1.82) is 0 Å². The Labute approximate surface area is 106 Å². The Morgan fingerprint density at radius 2 is 2.11 bits per heavy atom. The monoisotopic (exact) mass is 247 g/mol. The number of benzene rings is 1. The molecule has 0 fully saturated rings. The smallest absolute Gasteiger partial charge is 0.410 e. The van der Waals surface area contributed by atoms with E-state index in [1.54, 1.807) is 4.90 Å². The van der Waals surface area contributed by atoms with Crippen LogP contribution in [0.3, 0.4) is 0 Å². The number of nitrogens with zero attached hydrogens (tertiary/aromatic N) is 1. The van der Waals surface area contributed by atoms with Crippen LogP contribution in [0, 0.1) is 0 Å². The van der Waals surface area contributed by atoms with Gasteiger partial charge in [0.1, 0.15) is 6.61 Å². The van der Waals surface area contributed by atoms with Crippen LogP contribution < -0.4 is 0 Å². The van der Waals surface area contributed by atoms with Crippen LogP contribution in [-0.2, 0) is 11.3 Å². The zero-order valence-corrected chi connectivity index (χ0v) is 10.2. The molecule has 2 rings (SSSR count). The molecule has 1 heterocycles. The second-order valence-electron chi connectivity index (χ2n) is 4.24. The van der Waals surface area contributed by atoms with Crippen LogP contribution >= 0.6 is 0 Å². The fourth-order valence-electron chi connectivity index (χ4n) is 1.92. The van der Waals surface area contributed by atoms with E-state index in [1.807, 2.05) is 42.5 Å². The van der Waals surface area contributed by atoms with Crippen molar-refractivity contribution in [2.45, 2.75) is 19.1 Å². The molecule has 1 amide bonds. The summed E-state index contributed by atoms with van der Waals surface area (Å²) in [4.78, 5) is 13.5. The highest BCUT2D eigenvalue weighted by Crippen LogP contribution is 2.13. The third kappa shape index (κ3) is 3.11.